The van der Waals surface area contributed by atoms with E-state index >= 15 is 0 Å². The van der Waals surface area contributed by atoms with Crippen LogP contribution in [0.2, 0.25) is 0 Å². The topological polar surface area (TPSA) is 97.3 Å². The van der Waals surface area contributed by atoms with E-state index in [1.807, 2.05) is 25.3 Å². The van der Waals surface area contributed by atoms with Crippen LogP contribution in [0, 0.1) is 6.92 Å². The Morgan fingerprint density at radius 2 is 1.67 bits per heavy atom. The fourth-order valence-electron chi connectivity index (χ4n) is 6.16. The van der Waals surface area contributed by atoms with Crippen LogP contribution in [0.1, 0.15) is 30.5 Å². The standard InChI is InChI=1S/C38H32N3O4/c1-23-16-28-17-27(24-4-6-25(7-5-24)29-19-39-22-40-20-29)8-9-30(28)36(32(23)18-34(42)45-21-38(2,3)43)31-10-11-33-35-26(13-15-44-33)12-14-41-37(31)35/h4-12,14,16-17,19-20,22H,13,15,18,21H2,1-3H3/q-1. The van der Waals surface area contributed by atoms with Gasteiger partial charge in [0.15, 0.2) is 0 Å². The quantitative estimate of drug-likeness (QED) is 0.191. The Morgan fingerprint density at radius 3 is 2.42 bits per heavy atom. The molecule has 7 rings (SSSR count). The van der Waals surface area contributed by atoms with Gasteiger partial charge in [0.25, 0.3) is 0 Å². The summed E-state index contributed by atoms with van der Waals surface area (Å²) < 4.78 is 11.5. The van der Waals surface area contributed by atoms with E-state index in [2.05, 4.69) is 64.6 Å². The highest BCUT2D eigenvalue weighted by molar-refractivity contribution is 6.09. The summed E-state index contributed by atoms with van der Waals surface area (Å²) in [6, 6.07) is 23.0. The molecule has 0 radical (unpaired) electrons. The molecule has 6 aromatic rings. The molecule has 1 aliphatic heterocycles. The third-order valence-corrected chi connectivity index (χ3v) is 8.32. The van der Waals surface area contributed by atoms with Crippen molar-refractivity contribution in [3.8, 4) is 39.1 Å². The largest absolute Gasteiger partial charge is 0.847 e. The number of pyridine rings is 1. The zero-order chi connectivity index (χ0) is 31.1. The van der Waals surface area contributed by atoms with Crippen LogP contribution in [0.15, 0.2) is 91.6 Å². The van der Waals surface area contributed by atoms with Gasteiger partial charge in [0.2, 0.25) is 0 Å². The van der Waals surface area contributed by atoms with E-state index in [1.54, 1.807) is 12.4 Å². The highest BCUT2D eigenvalue weighted by Crippen LogP contribution is 2.43. The summed E-state index contributed by atoms with van der Waals surface area (Å²) in [4.78, 5) is 26.2. The van der Waals surface area contributed by atoms with E-state index in [0.717, 1.165) is 78.4 Å². The number of ether oxygens (including phenoxy) is 2. The first kappa shape index (κ1) is 28.6. The molecule has 0 N–H and O–H groups in total. The fraction of sp³-hybridized carbons (Fsp3) is 0.211. The Hall–Kier alpha value is -5.14. The number of fused-ring (bicyclic) bond motifs is 1. The van der Waals surface area contributed by atoms with Gasteiger partial charge >= 0.3 is 5.97 Å². The first-order chi connectivity index (χ1) is 21.7. The number of carbonyl (C=O) groups is 1. The minimum Gasteiger partial charge on any atom is -0.847 e. The number of rotatable bonds is 7. The number of benzene rings is 4. The lowest BCUT2D eigenvalue weighted by molar-refractivity contribution is -0.470. The van der Waals surface area contributed by atoms with E-state index in [9.17, 15) is 9.90 Å². The van der Waals surface area contributed by atoms with E-state index in [0.29, 0.717) is 6.61 Å². The van der Waals surface area contributed by atoms with E-state index < -0.39 is 11.6 Å². The van der Waals surface area contributed by atoms with Gasteiger partial charge in [-0.15, -0.1) is 0 Å². The molecule has 1 aliphatic rings. The molecule has 0 fully saturated rings. The molecule has 7 heteroatoms. The molecule has 2 aromatic heterocycles. The molecular formula is C38H32N3O4-. The van der Waals surface area contributed by atoms with Gasteiger partial charge in [-0.25, -0.2) is 9.97 Å². The number of aryl methyl sites for hydroxylation is 1. The van der Waals surface area contributed by atoms with Crippen LogP contribution in [0.5, 0.6) is 5.75 Å². The summed E-state index contributed by atoms with van der Waals surface area (Å²) in [5, 5.41) is 15.2. The third kappa shape index (κ3) is 5.63. The maximum atomic E-state index is 13.1. The van der Waals surface area contributed by atoms with Crippen LogP contribution < -0.4 is 9.84 Å². The molecule has 3 heterocycles. The van der Waals surface area contributed by atoms with Gasteiger partial charge in [-0.2, -0.15) is 0 Å². The Bertz CT molecular complexity index is 2060. The predicted octanol–water partition coefficient (Wildman–Crippen LogP) is 6.65. The van der Waals surface area contributed by atoms with Crippen LogP contribution in [-0.4, -0.2) is 39.7 Å². The van der Waals surface area contributed by atoms with E-state index in [-0.39, 0.29) is 13.0 Å². The molecule has 224 valence electrons. The number of aromatic nitrogens is 3. The molecule has 4 aromatic carbocycles. The van der Waals surface area contributed by atoms with Crippen molar-refractivity contribution in [1.29, 1.82) is 0 Å². The molecule has 7 nitrogen and oxygen atoms in total. The van der Waals surface area contributed by atoms with Crippen LogP contribution >= 0.6 is 0 Å². The summed E-state index contributed by atoms with van der Waals surface area (Å²) in [7, 11) is 0. The highest BCUT2D eigenvalue weighted by Gasteiger charge is 2.23. The minimum atomic E-state index is -1.36. The van der Waals surface area contributed by atoms with Crippen LogP contribution in [0.4, 0.5) is 0 Å². The number of esters is 1. The minimum absolute atomic E-state index is 0.0407. The van der Waals surface area contributed by atoms with Gasteiger partial charge in [-0.05, 0) is 80.9 Å². The molecule has 0 aliphatic carbocycles. The van der Waals surface area contributed by atoms with Gasteiger partial charge in [0.05, 0.1) is 25.2 Å². The van der Waals surface area contributed by atoms with Crippen molar-refractivity contribution >= 4 is 27.6 Å². The molecule has 0 saturated carbocycles. The highest BCUT2D eigenvalue weighted by atomic mass is 16.5. The second-order valence-electron chi connectivity index (χ2n) is 12.2. The summed E-state index contributed by atoms with van der Waals surface area (Å²) in [6.45, 7) is 5.49. The Morgan fingerprint density at radius 1 is 0.933 bits per heavy atom. The van der Waals surface area contributed by atoms with E-state index in [4.69, 9.17) is 14.5 Å². The van der Waals surface area contributed by atoms with Gasteiger partial charge < -0.3 is 14.6 Å². The fourth-order valence-corrected chi connectivity index (χ4v) is 6.16. The second-order valence-corrected chi connectivity index (χ2v) is 12.2. The maximum Gasteiger partial charge on any atom is 0.310 e. The molecule has 0 spiro atoms. The smallest absolute Gasteiger partial charge is 0.310 e. The van der Waals surface area contributed by atoms with Crippen molar-refractivity contribution in [1.82, 2.24) is 15.0 Å². The normalized spacial score (nSPS) is 12.7. The van der Waals surface area contributed by atoms with Crippen molar-refractivity contribution < 1.29 is 19.4 Å². The second kappa shape index (κ2) is 11.4. The Labute approximate surface area is 261 Å². The molecular weight excluding hydrogens is 562 g/mol. The molecule has 0 amide bonds. The number of carbonyl (C=O) groups excluding carboxylic acids is 1. The summed E-state index contributed by atoms with van der Waals surface area (Å²) in [6.07, 6.45) is 7.84. The average molecular weight is 595 g/mol. The lowest BCUT2D eigenvalue weighted by Crippen LogP contribution is -2.42. The zero-order valence-corrected chi connectivity index (χ0v) is 25.5. The van der Waals surface area contributed by atoms with Gasteiger partial charge in [-0.3, -0.25) is 9.78 Å². The van der Waals surface area contributed by atoms with Gasteiger partial charge in [-0.1, -0.05) is 61.9 Å². The predicted molar refractivity (Wildman–Crippen MR) is 174 cm³/mol. The Balaban J connectivity index is 1.37. The van der Waals surface area contributed by atoms with Crippen LogP contribution in [-0.2, 0) is 22.4 Å². The van der Waals surface area contributed by atoms with Crippen molar-refractivity contribution in [2.75, 3.05) is 13.2 Å². The number of nitrogens with zero attached hydrogens (tertiary/aromatic N) is 3. The van der Waals surface area contributed by atoms with Crippen molar-refractivity contribution in [3.63, 3.8) is 0 Å². The molecule has 0 saturated heterocycles. The lowest BCUT2D eigenvalue weighted by Gasteiger charge is -2.30. The molecule has 45 heavy (non-hydrogen) atoms. The van der Waals surface area contributed by atoms with Crippen LogP contribution in [0.3, 0.4) is 0 Å². The number of hydrogen-bond acceptors (Lipinski definition) is 7. The van der Waals surface area contributed by atoms with Crippen molar-refractivity contribution in [2.24, 2.45) is 0 Å². The molecule has 0 atom stereocenters. The monoisotopic (exact) mass is 594 g/mol. The summed E-state index contributed by atoms with van der Waals surface area (Å²) >= 11 is 0. The first-order valence-electron chi connectivity index (χ1n) is 15.1. The lowest BCUT2D eigenvalue weighted by atomic mass is 9.86. The van der Waals surface area contributed by atoms with Crippen molar-refractivity contribution in [3.05, 3.63) is 108 Å². The average Bonchev–Trinajstić information content (AvgIpc) is 3.05. The van der Waals surface area contributed by atoms with Crippen molar-refractivity contribution in [2.45, 2.75) is 39.2 Å². The summed E-state index contributed by atoms with van der Waals surface area (Å²) in [5.74, 6) is 0.397. The van der Waals surface area contributed by atoms with E-state index in [1.165, 1.54) is 25.7 Å². The Kier molecular flexibility index (Phi) is 7.26. The van der Waals surface area contributed by atoms with Gasteiger partial charge in [0.1, 0.15) is 12.1 Å². The van der Waals surface area contributed by atoms with Gasteiger partial charge in [0, 0.05) is 41.5 Å². The van der Waals surface area contributed by atoms with Crippen LogP contribution in [0.25, 0.3) is 55.1 Å². The molecule has 0 unspecified atom stereocenters. The molecule has 0 bridgehead atoms. The SMILES string of the molecule is Cc1cc2cc(-c3ccc(-c4cncnc4)cc3)ccc2c(-c2ccc3c4c(ccnc24)CCO3)c1CC(=O)OCC(C)(C)[O-]. The summed E-state index contributed by atoms with van der Waals surface area (Å²) in [5.41, 5.74) is 8.56. The maximum absolute atomic E-state index is 13.1. The zero-order valence-electron chi connectivity index (χ0n) is 25.5. The third-order valence-electron chi connectivity index (χ3n) is 8.32. The number of hydrogen-bond donors (Lipinski definition) is 0. The first-order valence-corrected chi connectivity index (χ1v) is 15.1.